The van der Waals surface area contributed by atoms with E-state index in [-0.39, 0.29) is 11.9 Å². The predicted molar refractivity (Wildman–Crippen MR) is 79.1 cm³/mol. The summed E-state index contributed by atoms with van der Waals surface area (Å²) in [5, 5.41) is 2.99. The minimum Gasteiger partial charge on any atom is -0.497 e. The zero-order valence-electron chi connectivity index (χ0n) is 12.5. The predicted octanol–water partition coefficient (Wildman–Crippen LogP) is 2.09. The maximum absolute atomic E-state index is 12.3. The lowest BCUT2D eigenvalue weighted by molar-refractivity contribution is 0.0926. The van der Waals surface area contributed by atoms with Gasteiger partial charge < -0.3 is 14.6 Å². The summed E-state index contributed by atoms with van der Waals surface area (Å²) in [5.74, 6) is 1.22. The monoisotopic (exact) mass is 288 g/mol. The number of aromatic nitrogens is 3. The first-order chi connectivity index (χ1) is 10.2. The molecule has 0 saturated heterocycles. The third-order valence-corrected chi connectivity index (χ3v) is 3.25. The summed E-state index contributed by atoms with van der Waals surface area (Å²) >= 11 is 0. The zero-order chi connectivity index (χ0) is 15.2. The van der Waals surface area contributed by atoms with Crippen LogP contribution in [0.5, 0.6) is 5.75 Å². The van der Waals surface area contributed by atoms with E-state index >= 15 is 0 Å². The lowest BCUT2D eigenvalue weighted by atomic mass is 10.1. The van der Waals surface area contributed by atoms with Gasteiger partial charge in [-0.1, -0.05) is 13.3 Å². The summed E-state index contributed by atoms with van der Waals surface area (Å²) < 4.78 is 7.03. The number of nitrogens with one attached hydrogen (secondary N) is 1. The third-order valence-electron chi connectivity index (χ3n) is 3.25. The molecule has 0 unspecified atom stereocenters. The molecule has 21 heavy (non-hydrogen) atoms. The number of hydrogen-bond donors (Lipinski definition) is 1. The Morgan fingerprint density at radius 1 is 1.43 bits per heavy atom. The van der Waals surface area contributed by atoms with Crippen LogP contribution in [-0.2, 0) is 7.05 Å². The van der Waals surface area contributed by atoms with Crippen molar-refractivity contribution in [2.24, 2.45) is 7.05 Å². The first kappa shape index (κ1) is 15.0. The van der Waals surface area contributed by atoms with Crippen LogP contribution in [0, 0.1) is 0 Å². The summed E-state index contributed by atoms with van der Waals surface area (Å²) in [4.78, 5) is 20.7. The fraction of sp³-hybridized carbons (Fsp3) is 0.400. The van der Waals surface area contributed by atoms with Gasteiger partial charge in [0.1, 0.15) is 17.3 Å². The summed E-state index contributed by atoms with van der Waals surface area (Å²) in [7, 11) is 3.48. The number of methoxy groups -OCH3 is 1. The number of pyridine rings is 1. The molecule has 1 atom stereocenters. The number of carbonyl (C=O) groups excluding carboxylic acids is 1. The average Bonchev–Trinajstić information content (AvgIpc) is 2.93. The highest BCUT2D eigenvalue weighted by Crippen LogP contribution is 2.17. The minimum absolute atomic E-state index is 0.129. The Kier molecular flexibility index (Phi) is 4.92. The van der Waals surface area contributed by atoms with Gasteiger partial charge in [0, 0.05) is 31.7 Å². The van der Waals surface area contributed by atoms with Gasteiger partial charge in [-0.3, -0.25) is 9.78 Å². The number of hydrogen-bond acceptors (Lipinski definition) is 4. The smallest absolute Gasteiger partial charge is 0.270 e. The molecule has 0 saturated carbocycles. The molecular formula is C15H20N4O2. The van der Waals surface area contributed by atoms with Gasteiger partial charge in [-0.05, 0) is 12.5 Å². The fourth-order valence-electron chi connectivity index (χ4n) is 2.16. The van der Waals surface area contributed by atoms with Gasteiger partial charge in [-0.15, -0.1) is 0 Å². The van der Waals surface area contributed by atoms with Crippen LogP contribution >= 0.6 is 0 Å². The molecule has 0 aliphatic heterocycles. The van der Waals surface area contributed by atoms with Crippen LogP contribution in [0.1, 0.15) is 42.1 Å². The molecule has 6 nitrogen and oxygen atoms in total. The summed E-state index contributed by atoms with van der Waals surface area (Å²) in [6, 6.07) is 3.20. The highest BCUT2D eigenvalue weighted by molar-refractivity contribution is 5.92. The van der Waals surface area contributed by atoms with Crippen molar-refractivity contribution in [3.05, 3.63) is 42.2 Å². The number of carbonyl (C=O) groups is 1. The van der Waals surface area contributed by atoms with Crippen molar-refractivity contribution in [1.29, 1.82) is 0 Å². The molecule has 1 N–H and O–H groups in total. The lowest BCUT2D eigenvalue weighted by Crippen LogP contribution is -2.30. The van der Waals surface area contributed by atoms with E-state index in [9.17, 15) is 4.79 Å². The van der Waals surface area contributed by atoms with Gasteiger partial charge in [0.2, 0.25) is 0 Å². The van der Waals surface area contributed by atoms with E-state index in [1.165, 1.54) is 0 Å². The molecule has 0 radical (unpaired) electrons. The van der Waals surface area contributed by atoms with Crippen LogP contribution in [0.25, 0.3) is 0 Å². The Hall–Kier alpha value is -2.37. The molecule has 0 bridgehead atoms. The Morgan fingerprint density at radius 3 is 2.86 bits per heavy atom. The normalized spacial score (nSPS) is 12.0. The molecule has 0 aliphatic carbocycles. The second-order valence-electron chi connectivity index (χ2n) is 4.79. The van der Waals surface area contributed by atoms with Crippen LogP contribution in [0.15, 0.2) is 30.7 Å². The molecule has 0 aromatic carbocycles. The maximum atomic E-state index is 12.3. The minimum atomic E-state index is -0.227. The molecular weight excluding hydrogens is 268 g/mol. The lowest BCUT2D eigenvalue weighted by Gasteiger charge is -2.17. The molecule has 2 rings (SSSR count). The van der Waals surface area contributed by atoms with E-state index < -0.39 is 0 Å². The third kappa shape index (κ3) is 3.59. The molecule has 2 heterocycles. The van der Waals surface area contributed by atoms with Crippen molar-refractivity contribution in [1.82, 2.24) is 19.9 Å². The second-order valence-corrected chi connectivity index (χ2v) is 4.79. The van der Waals surface area contributed by atoms with Crippen molar-refractivity contribution in [3.63, 3.8) is 0 Å². The Bertz CT molecular complexity index is 609. The zero-order valence-corrected chi connectivity index (χ0v) is 12.5. The van der Waals surface area contributed by atoms with Crippen molar-refractivity contribution in [2.45, 2.75) is 25.8 Å². The van der Waals surface area contributed by atoms with Gasteiger partial charge in [0.15, 0.2) is 0 Å². The topological polar surface area (TPSA) is 69.0 Å². The summed E-state index contributed by atoms with van der Waals surface area (Å²) in [6.45, 7) is 2.08. The van der Waals surface area contributed by atoms with Gasteiger partial charge in [-0.2, -0.15) is 0 Å². The summed E-state index contributed by atoms with van der Waals surface area (Å²) in [6.07, 6.45) is 6.93. The highest BCUT2D eigenvalue weighted by atomic mass is 16.5. The van der Waals surface area contributed by atoms with E-state index in [0.717, 1.165) is 18.7 Å². The molecule has 2 aromatic heterocycles. The number of ether oxygens (including phenoxy) is 1. The molecule has 0 spiro atoms. The van der Waals surface area contributed by atoms with E-state index in [1.54, 1.807) is 31.6 Å². The standard InChI is InChI=1S/C15H20N4O2/c1-4-5-12(14-17-8-9-19(14)2)18-15(20)13-10-11(21-3)6-7-16-13/h6-10,12H,4-5H2,1-3H3,(H,18,20)/t12-/m0/s1. The van der Waals surface area contributed by atoms with Crippen molar-refractivity contribution >= 4 is 5.91 Å². The van der Waals surface area contributed by atoms with Gasteiger partial charge >= 0.3 is 0 Å². The SMILES string of the molecule is CCC[C@H](NC(=O)c1cc(OC)ccn1)c1nccn1C. The maximum Gasteiger partial charge on any atom is 0.270 e. The van der Waals surface area contributed by atoms with Crippen LogP contribution < -0.4 is 10.1 Å². The van der Waals surface area contributed by atoms with Crippen molar-refractivity contribution < 1.29 is 9.53 Å². The number of nitrogens with zero attached hydrogens (tertiary/aromatic N) is 3. The van der Waals surface area contributed by atoms with Crippen LogP contribution in [-0.4, -0.2) is 27.6 Å². The average molecular weight is 288 g/mol. The van der Waals surface area contributed by atoms with Crippen LogP contribution in [0.2, 0.25) is 0 Å². The molecule has 2 aromatic rings. The Morgan fingerprint density at radius 2 is 2.24 bits per heavy atom. The number of aryl methyl sites for hydroxylation is 1. The van der Waals surface area contributed by atoms with Crippen molar-refractivity contribution in [3.8, 4) is 5.75 Å². The van der Waals surface area contributed by atoms with Crippen LogP contribution in [0.4, 0.5) is 0 Å². The van der Waals surface area contributed by atoms with E-state index in [0.29, 0.717) is 11.4 Å². The van der Waals surface area contributed by atoms with Crippen molar-refractivity contribution in [2.75, 3.05) is 7.11 Å². The van der Waals surface area contributed by atoms with Gasteiger partial charge in [0.05, 0.1) is 13.2 Å². The fourth-order valence-corrected chi connectivity index (χ4v) is 2.16. The summed E-state index contributed by atoms with van der Waals surface area (Å²) in [5.41, 5.74) is 0.338. The second kappa shape index (κ2) is 6.88. The Labute approximate surface area is 124 Å². The molecule has 6 heteroatoms. The van der Waals surface area contributed by atoms with E-state index in [1.807, 2.05) is 17.8 Å². The molecule has 1 amide bonds. The van der Waals surface area contributed by atoms with E-state index in [4.69, 9.17) is 4.74 Å². The van der Waals surface area contributed by atoms with Crippen LogP contribution in [0.3, 0.4) is 0 Å². The highest BCUT2D eigenvalue weighted by Gasteiger charge is 2.19. The quantitative estimate of drug-likeness (QED) is 0.883. The molecule has 0 aliphatic rings. The van der Waals surface area contributed by atoms with E-state index in [2.05, 4.69) is 22.2 Å². The molecule has 112 valence electrons. The first-order valence-electron chi connectivity index (χ1n) is 6.93. The molecule has 0 fully saturated rings. The number of amides is 1. The first-order valence-corrected chi connectivity index (χ1v) is 6.93. The van der Waals surface area contributed by atoms with Gasteiger partial charge in [0.25, 0.3) is 5.91 Å². The van der Waals surface area contributed by atoms with Gasteiger partial charge in [-0.25, -0.2) is 4.98 Å². The number of rotatable bonds is 6. The largest absolute Gasteiger partial charge is 0.497 e. The number of imidazole rings is 1. The Balaban J connectivity index is 2.16.